The molecule has 1 aromatic carbocycles. The summed E-state index contributed by atoms with van der Waals surface area (Å²) in [5.41, 5.74) is 1.60. The number of rotatable bonds is 4. The molecule has 0 saturated heterocycles. The van der Waals surface area contributed by atoms with Crippen LogP contribution in [0.1, 0.15) is 11.5 Å². The van der Waals surface area contributed by atoms with Gasteiger partial charge in [-0.05, 0) is 35.9 Å². The van der Waals surface area contributed by atoms with Gasteiger partial charge in [0, 0.05) is 23.6 Å². The second-order valence-corrected chi connectivity index (χ2v) is 5.08. The fourth-order valence-corrected chi connectivity index (χ4v) is 2.05. The van der Waals surface area contributed by atoms with Gasteiger partial charge in [-0.15, -0.1) is 0 Å². The number of anilines is 1. The summed E-state index contributed by atoms with van der Waals surface area (Å²) in [6.45, 7) is 0. The van der Waals surface area contributed by atoms with Gasteiger partial charge in [0.05, 0.1) is 6.42 Å². The summed E-state index contributed by atoms with van der Waals surface area (Å²) < 4.78 is 41.5. The van der Waals surface area contributed by atoms with Crippen LogP contribution in [0.2, 0.25) is 0 Å². The molecule has 0 fully saturated rings. The van der Waals surface area contributed by atoms with E-state index in [1.807, 2.05) is 0 Å². The van der Waals surface area contributed by atoms with Crippen LogP contribution in [0.3, 0.4) is 0 Å². The van der Waals surface area contributed by atoms with Crippen molar-refractivity contribution in [3.05, 3.63) is 60.2 Å². The fourth-order valence-electron chi connectivity index (χ4n) is 2.05. The molecule has 0 spiro atoms. The Morgan fingerprint density at radius 1 is 1.16 bits per heavy atom. The molecular weight excluding hydrogens is 337 g/mol. The van der Waals surface area contributed by atoms with Crippen molar-refractivity contribution in [3.63, 3.8) is 0 Å². The van der Waals surface area contributed by atoms with Crippen LogP contribution in [-0.4, -0.2) is 21.0 Å². The molecule has 128 valence electrons. The molecule has 0 bridgehead atoms. The molecule has 0 aliphatic carbocycles. The van der Waals surface area contributed by atoms with Crippen molar-refractivity contribution in [3.8, 4) is 11.4 Å². The van der Waals surface area contributed by atoms with Gasteiger partial charge in [-0.3, -0.25) is 9.78 Å². The summed E-state index contributed by atoms with van der Waals surface area (Å²) in [7, 11) is 0. The lowest BCUT2D eigenvalue weighted by molar-refractivity contribution is -0.159. The second-order valence-electron chi connectivity index (χ2n) is 5.08. The Hall–Kier alpha value is -3.23. The van der Waals surface area contributed by atoms with Crippen LogP contribution in [0.25, 0.3) is 11.4 Å². The summed E-state index contributed by atoms with van der Waals surface area (Å²) in [6, 6.07) is 9.58. The van der Waals surface area contributed by atoms with E-state index in [-0.39, 0.29) is 18.2 Å². The van der Waals surface area contributed by atoms with Crippen LogP contribution in [-0.2, 0) is 17.4 Å². The molecule has 0 saturated carbocycles. The minimum absolute atomic E-state index is 0.162. The monoisotopic (exact) mass is 348 g/mol. The van der Waals surface area contributed by atoms with Crippen LogP contribution < -0.4 is 5.32 Å². The third-order valence-electron chi connectivity index (χ3n) is 3.18. The molecule has 0 aliphatic heterocycles. The van der Waals surface area contributed by atoms with E-state index in [2.05, 4.69) is 25.0 Å². The van der Waals surface area contributed by atoms with Gasteiger partial charge >= 0.3 is 12.1 Å². The number of aromatic nitrogens is 3. The van der Waals surface area contributed by atoms with E-state index in [9.17, 15) is 18.0 Å². The lowest BCUT2D eigenvalue weighted by Crippen LogP contribution is -2.14. The zero-order valence-corrected chi connectivity index (χ0v) is 12.6. The number of alkyl halides is 3. The summed E-state index contributed by atoms with van der Waals surface area (Å²) in [6.07, 6.45) is -1.32. The Bertz CT molecular complexity index is 861. The number of halogens is 3. The van der Waals surface area contributed by atoms with Gasteiger partial charge in [0.15, 0.2) is 0 Å². The molecule has 0 radical (unpaired) electrons. The summed E-state index contributed by atoms with van der Waals surface area (Å²) in [4.78, 5) is 19.2. The van der Waals surface area contributed by atoms with Gasteiger partial charge in [-0.2, -0.15) is 18.2 Å². The van der Waals surface area contributed by atoms with E-state index in [0.717, 1.165) is 5.56 Å². The number of pyridine rings is 1. The first kappa shape index (κ1) is 16.6. The number of benzene rings is 1. The third-order valence-corrected chi connectivity index (χ3v) is 3.18. The average Bonchev–Trinajstić information content (AvgIpc) is 3.07. The lowest BCUT2D eigenvalue weighted by atomic mass is 10.1. The van der Waals surface area contributed by atoms with E-state index in [0.29, 0.717) is 11.3 Å². The van der Waals surface area contributed by atoms with Gasteiger partial charge < -0.3 is 9.84 Å². The highest BCUT2D eigenvalue weighted by molar-refractivity contribution is 5.92. The molecular formula is C16H11F3N4O2. The van der Waals surface area contributed by atoms with Crippen molar-refractivity contribution in [2.45, 2.75) is 12.6 Å². The van der Waals surface area contributed by atoms with Crippen LogP contribution in [0.5, 0.6) is 0 Å². The highest BCUT2D eigenvalue weighted by Gasteiger charge is 2.38. The molecule has 1 amide bonds. The molecule has 2 heterocycles. The van der Waals surface area contributed by atoms with Crippen molar-refractivity contribution in [2.24, 2.45) is 0 Å². The van der Waals surface area contributed by atoms with E-state index in [4.69, 9.17) is 0 Å². The molecule has 3 rings (SSSR count). The maximum absolute atomic E-state index is 12.5. The predicted molar refractivity (Wildman–Crippen MR) is 81.3 cm³/mol. The Kier molecular flexibility index (Phi) is 4.46. The number of carbonyl (C=O) groups is 1. The largest absolute Gasteiger partial charge is 0.471 e. The minimum atomic E-state index is -4.69. The van der Waals surface area contributed by atoms with Crippen molar-refractivity contribution < 1.29 is 22.5 Å². The van der Waals surface area contributed by atoms with E-state index in [1.54, 1.807) is 36.7 Å². The standard InChI is InChI=1S/C16H11F3N4O2/c17-16(18,19)15-22-14(23-25-15)11-3-5-12(6-4-11)21-13(24)8-10-2-1-7-20-9-10/h1-7,9H,8H2,(H,21,24). The fraction of sp³-hybridized carbons (Fsp3) is 0.125. The molecule has 9 heteroatoms. The smallest absolute Gasteiger partial charge is 0.329 e. The molecule has 0 unspecified atom stereocenters. The van der Waals surface area contributed by atoms with E-state index in [1.165, 1.54) is 12.1 Å². The Morgan fingerprint density at radius 2 is 1.92 bits per heavy atom. The van der Waals surface area contributed by atoms with Gasteiger partial charge in [-0.1, -0.05) is 11.2 Å². The summed E-state index contributed by atoms with van der Waals surface area (Å²) >= 11 is 0. The van der Waals surface area contributed by atoms with Gasteiger partial charge in [0.1, 0.15) is 0 Å². The van der Waals surface area contributed by atoms with E-state index < -0.39 is 12.1 Å². The van der Waals surface area contributed by atoms with Crippen molar-refractivity contribution in [2.75, 3.05) is 5.32 Å². The normalized spacial score (nSPS) is 11.3. The van der Waals surface area contributed by atoms with Gasteiger partial charge in [-0.25, -0.2) is 0 Å². The number of hydrogen-bond acceptors (Lipinski definition) is 5. The first-order valence-electron chi connectivity index (χ1n) is 7.12. The SMILES string of the molecule is O=C(Cc1cccnc1)Nc1ccc(-c2noc(C(F)(F)F)n2)cc1. The third kappa shape index (κ3) is 4.19. The number of carbonyl (C=O) groups excluding carboxylic acids is 1. The van der Waals surface area contributed by atoms with E-state index >= 15 is 0 Å². The molecule has 6 nitrogen and oxygen atoms in total. The topological polar surface area (TPSA) is 80.9 Å². The van der Waals surface area contributed by atoms with Gasteiger partial charge in [0.25, 0.3) is 0 Å². The molecule has 25 heavy (non-hydrogen) atoms. The second kappa shape index (κ2) is 6.71. The highest BCUT2D eigenvalue weighted by Crippen LogP contribution is 2.29. The quantitative estimate of drug-likeness (QED) is 0.782. The Labute approximate surface area is 139 Å². The van der Waals surface area contributed by atoms with Crippen LogP contribution in [0, 0.1) is 0 Å². The van der Waals surface area contributed by atoms with Crippen molar-refractivity contribution >= 4 is 11.6 Å². The van der Waals surface area contributed by atoms with Gasteiger partial charge in [0.2, 0.25) is 11.7 Å². The predicted octanol–water partition coefficient (Wildman–Crippen LogP) is 3.33. The molecule has 3 aromatic rings. The number of nitrogens with one attached hydrogen (secondary N) is 1. The first-order chi connectivity index (χ1) is 11.9. The molecule has 1 N–H and O–H groups in total. The Morgan fingerprint density at radius 3 is 2.52 bits per heavy atom. The summed E-state index contributed by atoms with van der Waals surface area (Å²) in [5, 5.41) is 5.99. The van der Waals surface area contributed by atoms with Crippen LogP contribution in [0.15, 0.2) is 53.3 Å². The highest BCUT2D eigenvalue weighted by atomic mass is 19.4. The van der Waals surface area contributed by atoms with Crippen molar-refractivity contribution in [1.29, 1.82) is 0 Å². The number of nitrogens with zero attached hydrogens (tertiary/aromatic N) is 3. The zero-order valence-electron chi connectivity index (χ0n) is 12.6. The molecule has 0 atom stereocenters. The maximum Gasteiger partial charge on any atom is 0.471 e. The first-order valence-corrected chi connectivity index (χ1v) is 7.12. The maximum atomic E-state index is 12.5. The Balaban J connectivity index is 1.66. The average molecular weight is 348 g/mol. The summed E-state index contributed by atoms with van der Waals surface area (Å²) in [5.74, 6) is -1.82. The number of amides is 1. The van der Waals surface area contributed by atoms with Crippen LogP contribution in [0.4, 0.5) is 18.9 Å². The molecule has 0 aliphatic rings. The zero-order chi connectivity index (χ0) is 17.9. The van der Waals surface area contributed by atoms with Crippen LogP contribution >= 0.6 is 0 Å². The minimum Gasteiger partial charge on any atom is -0.329 e. The number of hydrogen-bond donors (Lipinski definition) is 1. The van der Waals surface area contributed by atoms with Crippen molar-refractivity contribution in [1.82, 2.24) is 15.1 Å². The molecule has 2 aromatic heterocycles. The lowest BCUT2D eigenvalue weighted by Gasteiger charge is -2.05.